The molecule has 19 heavy (non-hydrogen) atoms. The molecule has 0 bridgehead atoms. The Hall–Kier alpha value is -1.39. The van der Waals surface area contributed by atoms with E-state index in [1.54, 1.807) is 31.4 Å². The van der Waals surface area contributed by atoms with E-state index in [1.165, 1.54) is 0 Å². The van der Waals surface area contributed by atoms with Gasteiger partial charge in [-0.05, 0) is 37.1 Å². The lowest BCUT2D eigenvalue weighted by molar-refractivity contribution is 0.0116. The summed E-state index contributed by atoms with van der Waals surface area (Å²) in [6, 6.07) is 6.83. The van der Waals surface area contributed by atoms with Crippen molar-refractivity contribution in [2.45, 2.75) is 37.7 Å². The Morgan fingerprint density at radius 3 is 2.42 bits per heavy atom. The van der Waals surface area contributed by atoms with Gasteiger partial charge in [0.2, 0.25) is 0 Å². The largest absolute Gasteiger partial charge is 0.468 e. The minimum absolute atomic E-state index is 0.175. The number of Topliss-reactive ketones (excluding diaryl/α,β-unsaturated/α-hetero) is 1. The third-order valence-corrected chi connectivity index (χ3v) is 3.56. The number of methoxy groups -OCH3 is 1. The van der Waals surface area contributed by atoms with Crippen LogP contribution >= 0.6 is 0 Å². The maximum atomic E-state index is 12.3. The van der Waals surface area contributed by atoms with Crippen LogP contribution in [0.5, 0.6) is 5.75 Å². The lowest BCUT2D eigenvalue weighted by atomic mass is 9.79. The lowest BCUT2D eigenvalue weighted by Crippen LogP contribution is -2.40. The minimum atomic E-state index is -1.17. The average molecular weight is 264 g/mol. The fraction of sp³-hybridized carbons (Fsp3) is 0.533. The second-order valence-corrected chi connectivity index (χ2v) is 5.00. The molecule has 0 aromatic heterocycles. The maximum absolute atomic E-state index is 12.3. The third-order valence-electron chi connectivity index (χ3n) is 3.56. The highest BCUT2D eigenvalue weighted by Gasteiger charge is 2.37. The van der Waals surface area contributed by atoms with Gasteiger partial charge >= 0.3 is 0 Å². The van der Waals surface area contributed by atoms with Gasteiger partial charge in [0, 0.05) is 12.7 Å². The van der Waals surface area contributed by atoms with Crippen LogP contribution in [0.1, 0.15) is 42.5 Å². The number of ketones is 1. The van der Waals surface area contributed by atoms with E-state index in [9.17, 15) is 9.90 Å². The van der Waals surface area contributed by atoms with Crippen molar-refractivity contribution in [2.24, 2.45) is 0 Å². The molecule has 0 unspecified atom stereocenters. The fourth-order valence-electron chi connectivity index (χ4n) is 2.46. The molecule has 2 rings (SSSR count). The summed E-state index contributed by atoms with van der Waals surface area (Å²) in [6.07, 6.45) is 4.05. The second-order valence-electron chi connectivity index (χ2n) is 5.00. The molecule has 0 atom stereocenters. The number of aliphatic hydroxyl groups is 1. The van der Waals surface area contributed by atoms with Gasteiger partial charge in [-0.25, -0.2) is 0 Å². The third kappa shape index (κ3) is 3.33. The zero-order chi connectivity index (χ0) is 13.7. The molecule has 0 saturated heterocycles. The Labute approximate surface area is 113 Å². The summed E-state index contributed by atoms with van der Waals surface area (Å²) in [6.45, 7) is 0.178. The maximum Gasteiger partial charge on any atom is 0.194 e. The fourth-order valence-corrected chi connectivity index (χ4v) is 2.46. The summed E-state index contributed by atoms with van der Waals surface area (Å²) in [4.78, 5) is 12.3. The molecule has 1 saturated carbocycles. The molecule has 1 aliphatic carbocycles. The van der Waals surface area contributed by atoms with Crippen molar-refractivity contribution in [3.8, 4) is 5.75 Å². The number of benzene rings is 1. The zero-order valence-electron chi connectivity index (χ0n) is 11.2. The van der Waals surface area contributed by atoms with E-state index in [2.05, 4.69) is 0 Å². The highest BCUT2D eigenvalue weighted by atomic mass is 16.7. The predicted molar refractivity (Wildman–Crippen MR) is 71.3 cm³/mol. The van der Waals surface area contributed by atoms with Gasteiger partial charge in [-0.3, -0.25) is 4.79 Å². The summed E-state index contributed by atoms with van der Waals surface area (Å²) in [5.74, 6) is 0.472. The molecule has 0 spiro atoms. The van der Waals surface area contributed by atoms with Crippen molar-refractivity contribution in [2.75, 3.05) is 13.9 Å². The van der Waals surface area contributed by atoms with Crippen LogP contribution < -0.4 is 4.74 Å². The molecule has 4 heteroatoms. The lowest BCUT2D eigenvalue weighted by Gasteiger charge is -2.30. The van der Waals surface area contributed by atoms with E-state index in [-0.39, 0.29) is 12.6 Å². The summed E-state index contributed by atoms with van der Waals surface area (Å²) < 4.78 is 10.1. The number of carbonyl (C=O) groups is 1. The first kappa shape index (κ1) is 14.0. The van der Waals surface area contributed by atoms with Crippen LogP contribution in [0.15, 0.2) is 24.3 Å². The van der Waals surface area contributed by atoms with E-state index in [1.807, 2.05) is 0 Å². The first-order valence-corrected chi connectivity index (χ1v) is 6.65. The number of hydrogen-bond donors (Lipinski definition) is 1. The summed E-state index contributed by atoms with van der Waals surface area (Å²) in [5, 5.41) is 10.4. The Morgan fingerprint density at radius 1 is 1.21 bits per heavy atom. The van der Waals surface area contributed by atoms with E-state index < -0.39 is 5.60 Å². The van der Waals surface area contributed by atoms with Crippen molar-refractivity contribution >= 4 is 5.78 Å². The molecule has 0 radical (unpaired) electrons. The molecule has 0 aliphatic heterocycles. The van der Waals surface area contributed by atoms with E-state index >= 15 is 0 Å². The first-order valence-electron chi connectivity index (χ1n) is 6.65. The van der Waals surface area contributed by atoms with Gasteiger partial charge in [0.25, 0.3) is 0 Å². The summed E-state index contributed by atoms with van der Waals surface area (Å²) >= 11 is 0. The van der Waals surface area contributed by atoms with Crippen LogP contribution in [-0.4, -0.2) is 30.4 Å². The standard InChI is InChI=1S/C15H20O4/c1-18-11-19-13-7-5-12(6-8-13)14(16)15(17)9-3-2-4-10-15/h5-8,17H,2-4,9-11H2,1H3. The quantitative estimate of drug-likeness (QED) is 0.656. The van der Waals surface area contributed by atoms with Gasteiger partial charge in [-0.1, -0.05) is 19.3 Å². The minimum Gasteiger partial charge on any atom is -0.468 e. The molecular weight excluding hydrogens is 244 g/mol. The van der Waals surface area contributed by atoms with Gasteiger partial charge in [0.15, 0.2) is 12.6 Å². The molecule has 104 valence electrons. The van der Waals surface area contributed by atoms with Crippen LogP contribution in [0, 0.1) is 0 Å². The van der Waals surface area contributed by atoms with Crippen LogP contribution in [0.2, 0.25) is 0 Å². The average Bonchev–Trinajstić information content (AvgIpc) is 2.46. The number of carbonyl (C=O) groups excluding carboxylic acids is 1. The normalized spacial score (nSPS) is 18.0. The van der Waals surface area contributed by atoms with Crippen molar-refractivity contribution in [3.05, 3.63) is 29.8 Å². The highest BCUT2D eigenvalue weighted by molar-refractivity contribution is 6.02. The molecular formula is C15H20O4. The smallest absolute Gasteiger partial charge is 0.194 e. The van der Waals surface area contributed by atoms with Crippen molar-refractivity contribution in [1.82, 2.24) is 0 Å². The van der Waals surface area contributed by atoms with Gasteiger partial charge in [-0.2, -0.15) is 0 Å². The Bertz CT molecular complexity index is 418. The van der Waals surface area contributed by atoms with Gasteiger partial charge in [-0.15, -0.1) is 0 Å². The van der Waals surface area contributed by atoms with Crippen molar-refractivity contribution in [3.63, 3.8) is 0 Å². The monoisotopic (exact) mass is 264 g/mol. The Morgan fingerprint density at radius 2 is 1.84 bits per heavy atom. The van der Waals surface area contributed by atoms with Crippen molar-refractivity contribution < 1.29 is 19.4 Å². The molecule has 0 amide bonds. The topological polar surface area (TPSA) is 55.8 Å². The molecule has 1 aromatic rings. The molecule has 0 heterocycles. The van der Waals surface area contributed by atoms with Crippen LogP contribution in [0.25, 0.3) is 0 Å². The number of rotatable bonds is 5. The zero-order valence-corrected chi connectivity index (χ0v) is 11.2. The summed E-state index contributed by atoms with van der Waals surface area (Å²) in [7, 11) is 1.55. The van der Waals surface area contributed by atoms with Crippen LogP contribution in [0.3, 0.4) is 0 Å². The van der Waals surface area contributed by atoms with Gasteiger partial charge < -0.3 is 14.6 Å². The Kier molecular flexibility index (Phi) is 4.56. The van der Waals surface area contributed by atoms with Crippen LogP contribution in [-0.2, 0) is 4.74 Å². The van der Waals surface area contributed by atoms with Crippen molar-refractivity contribution in [1.29, 1.82) is 0 Å². The van der Waals surface area contributed by atoms with Gasteiger partial charge in [0.05, 0.1) is 0 Å². The van der Waals surface area contributed by atoms with E-state index in [0.29, 0.717) is 24.2 Å². The molecule has 1 fully saturated rings. The number of ether oxygens (including phenoxy) is 2. The highest BCUT2D eigenvalue weighted by Crippen LogP contribution is 2.31. The molecule has 1 aliphatic rings. The first-order chi connectivity index (χ1) is 9.15. The predicted octanol–water partition coefficient (Wildman–Crippen LogP) is 2.55. The Balaban J connectivity index is 2.06. The molecule has 4 nitrogen and oxygen atoms in total. The molecule has 1 N–H and O–H groups in total. The molecule has 1 aromatic carbocycles. The van der Waals surface area contributed by atoms with Gasteiger partial charge in [0.1, 0.15) is 11.4 Å². The SMILES string of the molecule is COCOc1ccc(C(=O)C2(O)CCCCC2)cc1. The number of hydrogen-bond acceptors (Lipinski definition) is 4. The second kappa shape index (κ2) is 6.17. The summed E-state index contributed by atoms with van der Waals surface area (Å²) in [5.41, 5.74) is -0.637. The van der Waals surface area contributed by atoms with E-state index in [0.717, 1.165) is 19.3 Å². The van der Waals surface area contributed by atoms with E-state index in [4.69, 9.17) is 9.47 Å². The van der Waals surface area contributed by atoms with Crippen LogP contribution in [0.4, 0.5) is 0 Å².